The highest BCUT2D eigenvalue weighted by molar-refractivity contribution is 9.10. The Morgan fingerprint density at radius 2 is 2.00 bits per heavy atom. The second-order valence-electron chi connectivity index (χ2n) is 3.82. The van der Waals surface area contributed by atoms with Crippen molar-refractivity contribution < 1.29 is 9.18 Å². The lowest BCUT2D eigenvalue weighted by atomic mass is 10.2. The number of carbonyl (C=O) groups is 1. The molecular formula is C13H9BrClFN2O. The average molecular weight is 344 g/mol. The van der Waals surface area contributed by atoms with Crippen LogP contribution in [0.2, 0.25) is 5.02 Å². The molecular weight excluding hydrogens is 335 g/mol. The summed E-state index contributed by atoms with van der Waals surface area (Å²) in [4.78, 5) is 11.9. The van der Waals surface area contributed by atoms with E-state index in [0.717, 1.165) is 0 Å². The van der Waals surface area contributed by atoms with Gasteiger partial charge in [-0.3, -0.25) is 4.79 Å². The molecule has 0 radical (unpaired) electrons. The molecule has 0 aliphatic heterocycles. The van der Waals surface area contributed by atoms with Crippen molar-refractivity contribution in [1.29, 1.82) is 0 Å². The summed E-state index contributed by atoms with van der Waals surface area (Å²) in [6, 6.07) is 8.80. The van der Waals surface area contributed by atoms with E-state index in [4.69, 9.17) is 17.3 Å². The van der Waals surface area contributed by atoms with Crippen LogP contribution in [0, 0.1) is 5.82 Å². The van der Waals surface area contributed by atoms with Crippen LogP contribution in [-0.2, 0) is 0 Å². The van der Waals surface area contributed by atoms with Crippen molar-refractivity contribution in [2.24, 2.45) is 0 Å². The zero-order chi connectivity index (χ0) is 14.0. The molecule has 0 saturated heterocycles. The van der Waals surface area contributed by atoms with E-state index in [-0.39, 0.29) is 10.4 Å². The Balaban J connectivity index is 2.20. The van der Waals surface area contributed by atoms with E-state index in [1.807, 2.05) is 0 Å². The molecule has 19 heavy (non-hydrogen) atoms. The molecule has 0 bridgehead atoms. The number of amides is 1. The van der Waals surface area contributed by atoms with E-state index in [9.17, 15) is 9.18 Å². The first-order chi connectivity index (χ1) is 8.97. The Kier molecular flexibility index (Phi) is 4.07. The standard InChI is InChI=1S/C13H9BrClFN2O/c14-9-5-7(1-4-11(9)16)13(19)18-8-2-3-10(15)12(17)6-8/h1-6H,17H2,(H,18,19). The number of nitrogens with two attached hydrogens (primary N) is 1. The van der Waals surface area contributed by atoms with Crippen molar-refractivity contribution in [2.45, 2.75) is 0 Å². The van der Waals surface area contributed by atoms with Crippen LogP contribution in [0.4, 0.5) is 15.8 Å². The fraction of sp³-hybridized carbons (Fsp3) is 0. The third-order valence-electron chi connectivity index (χ3n) is 2.44. The van der Waals surface area contributed by atoms with E-state index >= 15 is 0 Å². The number of benzene rings is 2. The molecule has 2 aromatic rings. The van der Waals surface area contributed by atoms with Gasteiger partial charge >= 0.3 is 0 Å². The van der Waals surface area contributed by atoms with Crippen LogP contribution < -0.4 is 11.1 Å². The highest BCUT2D eigenvalue weighted by atomic mass is 79.9. The number of anilines is 2. The molecule has 0 aliphatic rings. The van der Waals surface area contributed by atoms with Crippen LogP contribution in [0.5, 0.6) is 0 Å². The molecule has 3 N–H and O–H groups in total. The number of hydrogen-bond acceptors (Lipinski definition) is 2. The fourth-order valence-corrected chi connectivity index (χ4v) is 1.96. The number of nitrogen functional groups attached to an aromatic ring is 1. The Bertz CT molecular complexity index is 649. The summed E-state index contributed by atoms with van der Waals surface area (Å²) in [5.41, 5.74) is 6.87. The maximum Gasteiger partial charge on any atom is 0.255 e. The Labute approximate surface area is 122 Å². The van der Waals surface area contributed by atoms with Crippen LogP contribution in [0.15, 0.2) is 40.9 Å². The summed E-state index contributed by atoms with van der Waals surface area (Å²) in [6.07, 6.45) is 0. The monoisotopic (exact) mass is 342 g/mol. The molecule has 2 aromatic carbocycles. The summed E-state index contributed by atoms with van der Waals surface area (Å²) < 4.78 is 13.3. The van der Waals surface area contributed by atoms with Gasteiger partial charge in [0.15, 0.2) is 0 Å². The molecule has 6 heteroatoms. The van der Waals surface area contributed by atoms with Gasteiger partial charge < -0.3 is 11.1 Å². The van der Waals surface area contributed by atoms with Crippen molar-refractivity contribution in [1.82, 2.24) is 0 Å². The minimum atomic E-state index is -0.424. The molecule has 0 unspecified atom stereocenters. The van der Waals surface area contributed by atoms with Crippen LogP contribution >= 0.6 is 27.5 Å². The average Bonchev–Trinajstić information content (AvgIpc) is 2.37. The smallest absolute Gasteiger partial charge is 0.255 e. The van der Waals surface area contributed by atoms with E-state index < -0.39 is 5.82 Å². The lowest BCUT2D eigenvalue weighted by molar-refractivity contribution is 0.102. The first-order valence-electron chi connectivity index (χ1n) is 5.29. The van der Waals surface area contributed by atoms with Crippen molar-refractivity contribution in [3.05, 3.63) is 57.3 Å². The van der Waals surface area contributed by atoms with Crippen molar-refractivity contribution in [2.75, 3.05) is 11.1 Å². The third-order valence-corrected chi connectivity index (χ3v) is 3.39. The van der Waals surface area contributed by atoms with Crippen molar-refractivity contribution in [3.8, 4) is 0 Å². The maximum absolute atomic E-state index is 13.1. The molecule has 0 aliphatic carbocycles. The summed E-state index contributed by atoms with van der Waals surface area (Å²) in [7, 11) is 0. The van der Waals surface area contributed by atoms with Gasteiger partial charge in [-0.25, -0.2) is 4.39 Å². The van der Waals surface area contributed by atoms with Gasteiger partial charge in [-0.15, -0.1) is 0 Å². The van der Waals surface area contributed by atoms with Crippen molar-refractivity contribution >= 4 is 44.8 Å². The van der Waals surface area contributed by atoms with E-state index in [2.05, 4.69) is 21.2 Å². The molecule has 3 nitrogen and oxygen atoms in total. The zero-order valence-corrected chi connectivity index (χ0v) is 11.9. The second kappa shape index (κ2) is 5.59. The molecule has 0 fully saturated rings. The largest absolute Gasteiger partial charge is 0.397 e. The number of halogens is 3. The lowest BCUT2D eigenvalue weighted by Gasteiger charge is -2.07. The van der Waals surface area contributed by atoms with Crippen LogP contribution in [0.1, 0.15) is 10.4 Å². The second-order valence-corrected chi connectivity index (χ2v) is 5.08. The molecule has 1 amide bonds. The Morgan fingerprint density at radius 3 is 2.63 bits per heavy atom. The molecule has 0 heterocycles. The highest BCUT2D eigenvalue weighted by Gasteiger charge is 2.09. The van der Waals surface area contributed by atoms with Crippen LogP contribution in [-0.4, -0.2) is 5.91 Å². The van der Waals surface area contributed by atoms with Gasteiger partial charge in [0.05, 0.1) is 15.2 Å². The minimum absolute atomic E-state index is 0.232. The highest BCUT2D eigenvalue weighted by Crippen LogP contribution is 2.23. The maximum atomic E-state index is 13.1. The Hall–Kier alpha value is -1.59. The molecule has 0 atom stereocenters. The van der Waals surface area contributed by atoms with Gasteiger partial charge in [-0.2, -0.15) is 0 Å². The first-order valence-corrected chi connectivity index (χ1v) is 6.46. The number of rotatable bonds is 2. The number of nitrogens with one attached hydrogen (secondary N) is 1. The first kappa shape index (κ1) is 13.8. The fourth-order valence-electron chi connectivity index (χ4n) is 1.46. The normalized spacial score (nSPS) is 10.3. The molecule has 98 valence electrons. The van der Waals surface area contributed by atoms with E-state index in [1.54, 1.807) is 18.2 Å². The molecule has 0 spiro atoms. The van der Waals surface area contributed by atoms with Gasteiger partial charge in [0.2, 0.25) is 0 Å². The van der Waals surface area contributed by atoms with Crippen LogP contribution in [0.25, 0.3) is 0 Å². The van der Waals surface area contributed by atoms with Gasteiger partial charge in [0.1, 0.15) is 5.82 Å². The zero-order valence-electron chi connectivity index (χ0n) is 9.58. The summed E-state index contributed by atoms with van der Waals surface area (Å²) >= 11 is 8.82. The summed E-state index contributed by atoms with van der Waals surface area (Å²) in [5.74, 6) is -0.783. The SMILES string of the molecule is Nc1cc(NC(=O)c2ccc(F)c(Br)c2)ccc1Cl. The van der Waals surface area contributed by atoms with E-state index in [1.165, 1.54) is 18.2 Å². The lowest BCUT2D eigenvalue weighted by Crippen LogP contribution is -2.12. The number of carbonyl (C=O) groups excluding carboxylic acids is 1. The predicted octanol–water partition coefficient (Wildman–Crippen LogP) is 4.08. The van der Waals surface area contributed by atoms with Gasteiger partial charge in [-0.05, 0) is 52.3 Å². The van der Waals surface area contributed by atoms with Crippen LogP contribution in [0.3, 0.4) is 0 Å². The van der Waals surface area contributed by atoms with Gasteiger partial charge in [0.25, 0.3) is 5.91 Å². The summed E-state index contributed by atoms with van der Waals surface area (Å²) in [5, 5.41) is 3.07. The van der Waals surface area contributed by atoms with Crippen molar-refractivity contribution in [3.63, 3.8) is 0 Å². The molecule has 0 aromatic heterocycles. The minimum Gasteiger partial charge on any atom is -0.397 e. The Morgan fingerprint density at radius 1 is 1.26 bits per heavy atom. The predicted molar refractivity (Wildman–Crippen MR) is 77.9 cm³/mol. The van der Waals surface area contributed by atoms with Gasteiger partial charge in [0, 0.05) is 11.3 Å². The summed E-state index contributed by atoms with van der Waals surface area (Å²) in [6.45, 7) is 0. The molecule has 0 saturated carbocycles. The molecule has 2 rings (SSSR count). The van der Waals surface area contributed by atoms with Gasteiger partial charge in [-0.1, -0.05) is 11.6 Å². The quantitative estimate of drug-likeness (QED) is 0.807. The van der Waals surface area contributed by atoms with E-state index in [0.29, 0.717) is 22.0 Å². The topological polar surface area (TPSA) is 55.1 Å². The third kappa shape index (κ3) is 3.24. The number of hydrogen-bond donors (Lipinski definition) is 2.